The Labute approximate surface area is 81.6 Å². The molecule has 0 aliphatic heterocycles. The normalized spacial score (nSPS) is 14.5. The van der Waals surface area contributed by atoms with Gasteiger partial charge in [0.05, 0.1) is 0 Å². The molecule has 0 saturated carbocycles. The highest BCUT2D eigenvalue weighted by atomic mass is 16.5. The number of hydrogen-bond donors (Lipinski definition) is 1. The molecule has 0 aromatic rings. The molecule has 0 spiro atoms. The Morgan fingerprint density at radius 1 is 1.38 bits per heavy atom. The predicted octanol–water partition coefficient (Wildman–Crippen LogP) is 2.52. The summed E-state index contributed by atoms with van der Waals surface area (Å²) in [4.78, 5) is 0. The van der Waals surface area contributed by atoms with Crippen molar-refractivity contribution in [1.29, 1.82) is 0 Å². The summed E-state index contributed by atoms with van der Waals surface area (Å²) in [5.41, 5.74) is 0.895. The van der Waals surface area contributed by atoms with Gasteiger partial charge in [0.2, 0.25) is 0 Å². The summed E-state index contributed by atoms with van der Waals surface area (Å²) in [6.07, 6.45) is 3.37. The van der Waals surface area contributed by atoms with Crippen LogP contribution in [0.25, 0.3) is 0 Å². The summed E-state index contributed by atoms with van der Waals surface area (Å²) in [7, 11) is 0.557. The minimum absolute atomic E-state index is 0.124. The molecule has 0 aromatic heterocycles. The van der Waals surface area contributed by atoms with Gasteiger partial charge in [0.15, 0.2) is 0 Å². The fraction of sp³-hybridized carbons (Fsp3) is 0.600. The monoisotopic (exact) mass is 182 g/mol. The molecule has 0 amide bonds. The van der Waals surface area contributed by atoms with Gasteiger partial charge in [0.1, 0.15) is 5.76 Å². The minimum Gasteiger partial charge on any atom is -0.508 e. The van der Waals surface area contributed by atoms with E-state index in [1.165, 1.54) is 0 Å². The summed E-state index contributed by atoms with van der Waals surface area (Å²) in [6, 6.07) is 0. The van der Waals surface area contributed by atoms with Crippen LogP contribution in [0.4, 0.5) is 0 Å². The van der Waals surface area contributed by atoms with Gasteiger partial charge in [0.25, 0.3) is 0 Å². The topological polar surface area (TPSA) is 29.5 Å². The van der Waals surface area contributed by atoms with Crippen molar-refractivity contribution in [2.75, 3.05) is 0 Å². The average molecular weight is 182 g/mol. The molecule has 0 saturated heterocycles. The SMILES string of the molecule is C/C=C(O)\C=C(/C)BOC(C)(C)C. The van der Waals surface area contributed by atoms with Crippen LogP contribution in [0, 0.1) is 0 Å². The highest BCUT2D eigenvalue weighted by Gasteiger charge is 2.10. The predicted molar refractivity (Wildman–Crippen MR) is 58.1 cm³/mol. The van der Waals surface area contributed by atoms with E-state index in [4.69, 9.17) is 4.65 Å². The third-order valence-corrected chi connectivity index (χ3v) is 1.42. The average Bonchev–Trinajstić information content (AvgIpc) is 1.99. The first-order chi connectivity index (χ1) is 5.85. The molecule has 0 aromatic carbocycles. The molecular formula is C10H19BO2. The molecule has 0 rings (SSSR count). The highest BCUT2D eigenvalue weighted by molar-refractivity contribution is 6.37. The second-order valence-electron chi connectivity index (χ2n) is 4.11. The molecule has 0 bridgehead atoms. The summed E-state index contributed by atoms with van der Waals surface area (Å²) < 4.78 is 5.53. The maximum atomic E-state index is 9.19. The fourth-order valence-electron chi connectivity index (χ4n) is 0.708. The summed E-state index contributed by atoms with van der Waals surface area (Å²) in [6.45, 7) is 9.76. The van der Waals surface area contributed by atoms with Gasteiger partial charge < -0.3 is 9.76 Å². The summed E-state index contributed by atoms with van der Waals surface area (Å²) in [5, 5.41) is 9.19. The van der Waals surface area contributed by atoms with E-state index in [1.807, 2.05) is 27.7 Å². The number of aliphatic hydroxyl groups is 1. The molecule has 0 heterocycles. The Balaban J connectivity index is 4.02. The first-order valence-electron chi connectivity index (χ1n) is 4.51. The lowest BCUT2D eigenvalue weighted by Gasteiger charge is -2.19. The maximum Gasteiger partial charge on any atom is 0.305 e. The number of rotatable bonds is 3. The van der Waals surface area contributed by atoms with Gasteiger partial charge in [-0.05, 0) is 46.8 Å². The van der Waals surface area contributed by atoms with E-state index in [-0.39, 0.29) is 11.4 Å². The van der Waals surface area contributed by atoms with Crippen molar-refractivity contribution in [2.24, 2.45) is 0 Å². The molecule has 0 aliphatic rings. The molecule has 0 atom stereocenters. The second kappa shape index (κ2) is 5.13. The van der Waals surface area contributed by atoms with Crippen LogP contribution in [-0.2, 0) is 4.65 Å². The third-order valence-electron chi connectivity index (χ3n) is 1.42. The third kappa shape index (κ3) is 7.66. The quantitative estimate of drug-likeness (QED) is 0.412. The van der Waals surface area contributed by atoms with Crippen LogP contribution >= 0.6 is 0 Å². The Kier molecular flexibility index (Phi) is 4.85. The second-order valence-corrected chi connectivity index (χ2v) is 4.11. The van der Waals surface area contributed by atoms with Crippen molar-refractivity contribution in [3.05, 3.63) is 23.4 Å². The van der Waals surface area contributed by atoms with E-state index < -0.39 is 0 Å². The van der Waals surface area contributed by atoms with Crippen LogP contribution in [0.2, 0.25) is 0 Å². The van der Waals surface area contributed by atoms with E-state index in [0.29, 0.717) is 7.48 Å². The van der Waals surface area contributed by atoms with Crippen LogP contribution in [0.3, 0.4) is 0 Å². The zero-order valence-electron chi connectivity index (χ0n) is 9.22. The molecule has 1 N–H and O–H groups in total. The number of aliphatic hydroxyl groups excluding tert-OH is 1. The fourth-order valence-corrected chi connectivity index (χ4v) is 0.708. The van der Waals surface area contributed by atoms with Crippen molar-refractivity contribution in [3.8, 4) is 0 Å². The van der Waals surface area contributed by atoms with Crippen molar-refractivity contribution in [1.82, 2.24) is 0 Å². The highest BCUT2D eigenvalue weighted by Crippen LogP contribution is 2.08. The van der Waals surface area contributed by atoms with Crippen molar-refractivity contribution < 1.29 is 9.76 Å². The van der Waals surface area contributed by atoms with Crippen LogP contribution in [0.1, 0.15) is 34.6 Å². The van der Waals surface area contributed by atoms with E-state index in [9.17, 15) is 5.11 Å². The molecular weight excluding hydrogens is 163 g/mol. The standard InChI is InChI=1S/C10H19BO2/c1-6-9(12)7-8(2)11-13-10(3,4)5/h6-7,11-12H,1-5H3/b8-7+,9-6+. The summed E-state index contributed by atoms with van der Waals surface area (Å²) >= 11 is 0. The molecule has 74 valence electrons. The Morgan fingerprint density at radius 3 is 2.31 bits per heavy atom. The molecule has 13 heavy (non-hydrogen) atoms. The van der Waals surface area contributed by atoms with E-state index >= 15 is 0 Å². The Morgan fingerprint density at radius 2 is 1.92 bits per heavy atom. The van der Waals surface area contributed by atoms with Crippen LogP contribution in [0.5, 0.6) is 0 Å². The lowest BCUT2D eigenvalue weighted by atomic mass is 9.87. The molecule has 0 unspecified atom stereocenters. The summed E-state index contributed by atoms with van der Waals surface area (Å²) in [5.74, 6) is 0.287. The molecule has 0 aliphatic carbocycles. The molecule has 0 radical (unpaired) electrons. The molecule has 2 nitrogen and oxygen atoms in total. The van der Waals surface area contributed by atoms with E-state index in [2.05, 4.69) is 0 Å². The van der Waals surface area contributed by atoms with Gasteiger partial charge >= 0.3 is 7.48 Å². The van der Waals surface area contributed by atoms with Crippen molar-refractivity contribution in [3.63, 3.8) is 0 Å². The van der Waals surface area contributed by atoms with Crippen molar-refractivity contribution >= 4 is 7.48 Å². The van der Waals surface area contributed by atoms with E-state index in [1.54, 1.807) is 19.1 Å². The van der Waals surface area contributed by atoms with Gasteiger partial charge in [-0.3, -0.25) is 0 Å². The number of hydrogen-bond acceptors (Lipinski definition) is 2. The van der Waals surface area contributed by atoms with E-state index in [0.717, 1.165) is 5.47 Å². The van der Waals surface area contributed by atoms with Gasteiger partial charge in [-0.25, -0.2) is 0 Å². The zero-order valence-corrected chi connectivity index (χ0v) is 9.22. The van der Waals surface area contributed by atoms with Crippen molar-refractivity contribution in [2.45, 2.75) is 40.2 Å². The zero-order chi connectivity index (χ0) is 10.5. The maximum absolute atomic E-state index is 9.19. The minimum atomic E-state index is -0.124. The lowest BCUT2D eigenvalue weighted by Crippen LogP contribution is -2.22. The first-order valence-corrected chi connectivity index (χ1v) is 4.51. The Bertz CT molecular complexity index is 211. The van der Waals surface area contributed by atoms with Gasteiger partial charge in [-0.2, -0.15) is 0 Å². The lowest BCUT2D eigenvalue weighted by molar-refractivity contribution is 0.140. The van der Waals surface area contributed by atoms with Crippen LogP contribution in [-0.4, -0.2) is 18.2 Å². The smallest absolute Gasteiger partial charge is 0.305 e. The van der Waals surface area contributed by atoms with Gasteiger partial charge in [0, 0.05) is 5.60 Å². The van der Waals surface area contributed by atoms with Gasteiger partial charge in [-0.15, -0.1) is 0 Å². The Hall–Kier alpha value is -0.695. The van der Waals surface area contributed by atoms with Gasteiger partial charge in [-0.1, -0.05) is 5.47 Å². The first kappa shape index (κ1) is 12.3. The van der Waals surface area contributed by atoms with Crippen LogP contribution in [0.15, 0.2) is 23.4 Å². The number of allylic oxidation sites excluding steroid dienone is 3. The van der Waals surface area contributed by atoms with Crippen LogP contribution < -0.4 is 0 Å². The largest absolute Gasteiger partial charge is 0.508 e. The molecule has 0 fully saturated rings. The molecule has 3 heteroatoms.